The molecule has 9 nitrogen and oxygen atoms in total. The van der Waals surface area contributed by atoms with Crippen molar-refractivity contribution in [1.82, 2.24) is 15.5 Å². The summed E-state index contributed by atoms with van der Waals surface area (Å²) in [6.45, 7) is 17.7. The highest BCUT2D eigenvalue weighted by molar-refractivity contribution is 5.93. The van der Waals surface area contributed by atoms with Crippen LogP contribution < -0.4 is 10.6 Å². The summed E-state index contributed by atoms with van der Waals surface area (Å²) in [5, 5.41) is 5.71. The third kappa shape index (κ3) is 13.4. The molecule has 0 heterocycles. The fourth-order valence-electron chi connectivity index (χ4n) is 5.03. The standard InChI is InChI=1S/C34H57N3O6/c1-10-13-14-15-16-17-23-37(32(40)29(24(4)11-2)36-33(41)43-34(7,8)9)30(28-25(5)19-18-20-26(28)6)31(39)35-22-21-27(38)42-12-3/h18-20,24,29-30H,10-17,21-23H2,1-9H3,(H,35,39)(H,36,41). The molecular weight excluding hydrogens is 546 g/mol. The normalized spacial score (nSPS) is 13.4. The van der Waals surface area contributed by atoms with Crippen molar-refractivity contribution in [1.29, 1.82) is 0 Å². The van der Waals surface area contributed by atoms with Crippen molar-refractivity contribution in [3.8, 4) is 0 Å². The molecule has 1 rings (SSSR count). The number of carbonyl (C=O) groups excluding carboxylic acids is 4. The Kier molecular flexibility index (Phi) is 17.0. The molecule has 0 aliphatic heterocycles. The molecule has 2 N–H and O–H groups in total. The van der Waals surface area contributed by atoms with Crippen LogP contribution in [0.5, 0.6) is 0 Å². The van der Waals surface area contributed by atoms with Crippen LogP contribution in [-0.2, 0) is 23.9 Å². The van der Waals surface area contributed by atoms with E-state index in [1.165, 1.54) is 0 Å². The van der Waals surface area contributed by atoms with Crippen LogP contribution in [0.2, 0.25) is 0 Å². The number of esters is 1. The third-order valence-corrected chi connectivity index (χ3v) is 7.50. The van der Waals surface area contributed by atoms with Gasteiger partial charge >= 0.3 is 12.1 Å². The maximum atomic E-state index is 14.5. The molecule has 3 atom stereocenters. The second-order valence-electron chi connectivity index (χ2n) is 12.4. The topological polar surface area (TPSA) is 114 Å². The number of nitrogens with one attached hydrogen (secondary N) is 2. The Morgan fingerprint density at radius 3 is 2.09 bits per heavy atom. The molecule has 9 heteroatoms. The van der Waals surface area contributed by atoms with E-state index in [1.807, 2.05) is 45.9 Å². The molecule has 244 valence electrons. The second kappa shape index (κ2) is 19.2. The van der Waals surface area contributed by atoms with Crippen LogP contribution in [0.4, 0.5) is 4.79 Å². The van der Waals surface area contributed by atoms with E-state index in [0.29, 0.717) is 19.4 Å². The first-order valence-corrected chi connectivity index (χ1v) is 16.1. The lowest BCUT2D eigenvalue weighted by molar-refractivity contribution is -0.145. The molecule has 3 amide bonds. The number of rotatable bonds is 18. The van der Waals surface area contributed by atoms with Crippen molar-refractivity contribution in [3.05, 3.63) is 34.9 Å². The summed E-state index contributed by atoms with van der Waals surface area (Å²) < 4.78 is 10.5. The van der Waals surface area contributed by atoms with Gasteiger partial charge in [0, 0.05) is 13.1 Å². The van der Waals surface area contributed by atoms with Gasteiger partial charge in [0.2, 0.25) is 11.8 Å². The first-order valence-electron chi connectivity index (χ1n) is 16.1. The summed E-state index contributed by atoms with van der Waals surface area (Å²) in [4.78, 5) is 55.0. The van der Waals surface area contributed by atoms with Gasteiger partial charge in [-0.05, 0) is 70.6 Å². The Bertz CT molecular complexity index is 1020. The number of carbonyl (C=O) groups is 4. The number of amides is 3. The molecule has 1 aromatic rings. The molecule has 1 aromatic carbocycles. The molecule has 43 heavy (non-hydrogen) atoms. The van der Waals surface area contributed by atoms with Crippen molar-refractivity contribution in [2.24, 2.45) is 5.92 Å². The first kappa shape index (κ1) is 37.9. The van der Waals surface area contributed by atoms with Gasteiger partial charge in [-0.1, -0.05) is 77.5 Å². The number of alkyl carbamates (subject to hydrolysis) is 1. The largest absolute Gasteiger partial charge is 0.466 e. The van der Waals surface area contributed by atoms with Gasteiger partial charge in [-0.3, -0.25) is 14.4 Å². The number of ether oxygens (including phenoxy) is 2. The maximum absolute atomic E-state index is 14.5. The van der Waals surface area contributed by atoms with E-state index in [9.17, 15) is 19.2 Å². The Balaban J connectivity index is 3.55. The summed E-state index contributed by atoms with van der Waals surface area (Å²) in [5.41, 5.74) is 1.78. The summed E-state index contributed by atoms with van der Waals surface area (Å²) in [6, 6.07) is 3.95. The van der Waals surface area contributed by atoms with E-state index < -0.39 is 29.7 Å². The lowest BCUT2D eigenvalue weighted by Gasteiger charge is -2.37. The highest BCUT2D eigenvalue weighted by Crippen LogP contribution is 2.30. The van der Waals surface area contributed by atoms with Gasteiger partial charge in [0.25, 0.3) is 0 Å². The number of benzene rings is 1. The molecule has 0 aromatic heterocycles. The Morgan fingerprint density at radius 1 is 0.930 bits per heavy atom. The monoisotopic (exact) mass is 603 g/mol. The fraction of sp³-hybridized carbons (Fsp3) is 0.706. The summed E-state index contributed by atoms with van der Waals surface area (Å²) in [7, 11) is 0. The zero-order valence-corrected chi connectivity index (χ0v) is 28.1. The van der Waals surface area contributed by atoms with Crippen molar-refractivity contribution in [2.75, 3.05) is 19.7 Å². The predicted molar refractivity (Wildman–Crippen MR) is 171 cm³/mol. The van der Waals surface area contributed by atoms with Crippen LogP contribution in [0, 0.1) is 19.8 Å². The van der Waals surface area contributed by atoms with Gasteiger partial charge in [-0.25, -0.2) is 4.79 Å². The zero-order valence-electron chi connectivity index (χ0n) is 28.1. The predicted octanol–water partition coefficient (Wildman–Crippen LogP) is 6.54. The molecular formula is C34H57N3O6. The van der Waals surface area contributed by atoms with E-state index in [0.717, 1.165) is 48.8 Å². The molecule has 0 saturated carbocycles. The van der Waals surface area contributed by atoms with Gasteiger partial charge in [-0.15, -0.1) is 0 Å². The molecule has 0 saturated heterocycles. The van der Waals surface area contributed by atoms with Gasteiger partial charge < -0.3 is 25.0 Å². The third-order valence-electron chi connectivity index (χ3n) is 7.50. The molecule has 0 fully saturated rings. The van der Waals surface area contributed by atoms with Crippen LogP contribution in [0.1, 0.15) is 123 Å². The smallest absolute Gasteiger partial charge is 0.408 e. The van der Waals surface area contributed by atoms with Gasteiger partial charge in [0.1, 0.15) is 17.7 Å². The lowest BCUT2D eigenvalue weighted by Crippen LogP contribution is -2.55. The summed E-state index contributed by atoms with van der Waals surface area (Å²) in [6.07, 6.45) is 6.08. The van der Waals surface area contributed by atoms with Crippen molar-refractivity contribution in [2.45, 2.75) is 131 Å². The van der Waals surface area contributed by atoms with Gasteiger partial charge in [-0.2, -0.15) is 0 Å². The maximum Gasteiger partial charge on any atom is 0.408 e. The van der Waals surface area contributed by atoms with E-state index in [1.54, 1.807) is 32.6 Å². The summed E-state index contributed by atoms with van der Waals surface area (Å²) >= 11 is 0. The van der Waals surface area contributed by atoms with E-state index in [4.69, 9.17) is 9.47 Å². The highest BCUT2D eigenvalue weighted by atomic mass is 16.6. The number of unbranched alkanes of at least 4 members (excludes halogenated alkanes) is 5. The highest BCUT2D eigenvalue weighted by Gasteiger charge is 2.39. The number of aryl methyl sites for hydroxylation is 2. The molecule has 3 unspecified atom stereocenters. The van der Waals surface area contributed by atoms with Crippen LogP contribution in [0.3, 0.4) is 0 Å². The first-order chi connectivity index (χ1) is 20.3. The van der Waals surface area contributed by atoms with Crippen molar-refractivity contribution >= 4 is 23.9 Å². The van der Waals surface area contributed by atoms with Crippen LogP contribution in [0.25, 0.3) is 0 Å². The van der Waals surface area contributed by atoms with Crippen LogP contribution in [-0.4, -0.2) is 60.1 Å². The van der Waals surface area contributed by atoms with Gasteiger partial charge in [0.15, 0.2) is 0 Å². The van der Waals surface area contributed by atoms with Crippen molar-refractivity contribution < 1.29 is 28.7 Å². The fourth-order valence-corrected chi connectivity index (χ4v) is 5.03. The Labute approximate surface area is 259 Å². The second-order valence-corrected chi connectivity index (χ2v) is 12.4. The minimum absolute atomic E-state index is 0.0279. The average molecular weight is 604 g/mol. The minimum atomic E-state index is -0.946. The lowest BCUT2D eigenvalue weighted by atomic mass is 9.91. The number of hydrogen-bond acceptors (Lipinski definition) is 6. The molecule has 0 spiro atoms. The van der Waals surface area contributed by atoms with Gasteiger partial charge in [0.05, 0.1) is 13.0 Å². The van der Waals surface area contributed by atoms with Crippen molar-refractivity contribution in [3.63, 3.8) is 0 Å². The zero-order chi connectivity index (χ0) is 32.6. The van der Waals surface area contributed by atoms with Crippen LogP contribution in [0.15, 0.2) is 18.2 Å². The average Bonchev–Trinajstić information content (AvgIpc) is 2.92. The summed E-state index contributed by atoms with van der Waals surface area (Å²) in [5.74, 6) is -1.31. The van der Waals surface area contributed by atoms with E-state index in [-0.39, 0.29) is 37.3 Å². The van der Waals surface area contributed by atoms with E-state index in [2.05, 4.69) is 17.6 Å². The van der Waals surface area contributed by atoms with Crippen LogP contribution >= 0.6 is 0 Å². The number of nitrogens with zero attached hydrogens (tertiary/aromatic N) is 1. The molecule has 0 radical (unpaired) electrons. The molecule has 0 bridgehead atoms. The minimum Gasteiger partial charge on any atom is -0.466 e. The molecule has 0 aliphatic rings. The Morgan fingerprint density at radius 2 is 1.53 bits per heavy atom. The molecule has 0 aliphatic carbocycles. The SMILES string of the molecule is CCCCCCCCN(C(=O)C(NC(=O)OC(C)(C)C)C(C)CC)C(C(=O)NCCC(=O)OCC)c1c(C)cccc1C. The quantitative estimate of drug-likeness (QED) is 0.145. The number of hydrogen-bond donors (Lipinski definition) is 2. The Hall–Kier alpha value is -3.10. The van der Waals surface area contributed by atoms with E-state index >= 15 is 0 Å².